The van der Waals surface area contributed by atoms with Gasteiger partial charge in [-0.25, -0.2) is 0 Å². The smallest absolute Gasteiger partial charge is 0.188 e. The summed E-state index contributed by atoms with van der Waals surface area (Å²) in [4.78, 5) is 15.4. The first-order chi connectivity index (χ1) is 7.13. The van der Waals surface area contributed by atoms with Crippen molar-refractivity contribution in [3.05, 3.63) is 32.7 Å². The Kier molecular flexibility index (Phi) is 2.68. The summed E-state index contributed by atoms with van der Waals surface area (Å²) in [5.41, 5.74) is 4.44. The van der Waals surface area contributed by atoms with Crippen LogP contribution in [0, 0.1) is 19.8 Å². The van der Waals surface area contributed by atoms with Gasteiger partial charge < -0.3 is 4.98 Å². The molecule has 0 saturated heterocycles. The van der Waals surface area contributed by atoms with Crippen LogP contribution in [0.3, 0.4) is 0 Å². The van der Waals surface area contributed by atoms with Crippen molar-refractivity contribution in [1.29, 1.82) is 0 Å². The Labute approximate surface area is 90.7 Å². The maximum absolute atomic E-state index is 12.0. The fraction of sp³-hybridized carbons (Fsp3) is 0.615. The predicted octanol–water partition coefficient (Wildman–Crippen LogP) is 2.51. The van der Waals surface area contributed by atoms with Gasteiger partial charge in [-0.3, -0.25) is 4.79 Å². The van der Waals surface area contributed by atoms with Crippen LogP contribution in [0.25, 0.3) is 0 Å². The van der Waals surface area contributed by atoms with Crippen LogP contribution >= 0.6 is 0 Å². The molecule has 1 unspecified atom stereocenters. The molecule has 2 nitrogen and oxygen atoms in total. The standard InChI is InChI=1S/C13H19NO/c1-4-10-5-6-11-12(7-10)14-9(3)8(2)13(11)15/h10H,4-7H2,1-3H3,(H,14,15). The second-order valence-electron chi connectivity index (χ2n) is 4.68. The highest BCUT2D eigenvalue weighted by Gasteiger charge is 2.21. The third-order valence-electron chi connectivity index (χ3n) is 3.75. The van der Waals surface area contributed by atoms with E-state index in [2.05, 4.69) is 11.9 Å². The first-order valence-electron chi connectivity index (χ1n) is 5.84. The molecule has 0 spiro atoms. The maximum Gasteiger partial charge on any atom is 0.188 e. The van der Waals surface area contributed by atoms with E-state index in [4.69, 9.17) is 0 Å². The van der Waals surface area contributed by atoms with Gasteiger partial charge in [-0.1, -0.05) is 13.3 Å². The molecule has 2 heteroatoms. The van der Waals surface area contributed by atoms with Crippen molar-refractivity contribution in [2.75, 3.05) is 0 Å². The molecule has 0 saturated carbocycles. The van der Waals surface area contributed by atoms with Crippen LogP contribution in [0.1, 0.15) is 42.3 Å². The van der Waals surface area contributed by atoms with Crippen LogP contribution in [-0.2, 0) is 12.8 Å². The van der Waals surface area contributed by atoms with Crippen LogP contribution in [0.5, 0.6) is 0 Å². The summed E-state index contributed by atoms with van der Waals surface area (Å²) in [6, 6.07) is 0. The number of hydrogen-bond acceptors (Lipinski definition) is 1. The minimum absolute atomic E-state index is 0.274. The van der Waals surface area contributed by atoms with Crippen molar-refractivity contribution in [3.8, 4) is 0 Å². The monoisotopic (exact) mass is 205 g/mol. The fourth-order valence-corrected chi connectivity index (χ4v) is 2.46. The maximum atomic E-state index is 12.0. The molecule has 1 aromatic rings. The molecule has 1 heterocycles. The molecule has 2 rings (SSSR count). The van der Waals surface area contributed by atoms with E-state index >= 15 is 0 Å². The molecular formula is C13H19NO. The van der Waals surface area contributed by atoms with Crippen molar-refractivity contribution in [2.24, 2.45) is 5.92 Å². The van der Waals surface area contributed by atoms with Crippen LogP contribution in [-0.4, -0.2) is 4.98 Å². The number of fused-ring (bicyclic) bond motifs is 1. The average Bonchev–Trinajstić information content (AvgIpc) is 2.25. The normalized spacial score (nSPS) is 20.1. The van der Waals surface area contributed by atoms with Crippen LogP contribution < -0.4 is 5.43 Å². The van der Waals surface area contributed by atoms with Crippen molar-refractivity contribution in [2.45, 2.75) is 46.5 Å². The summed E-state index contributed by atoms with van der Waals surface area (Å²) in [5.74, 6) is 0.759. The molecule has 1 N–H and O–H groups in total. The summed E-state index contributed by atoms with van der Waals surface area (Å²) in [7, 11) is 0. The lowest BCUT2D eigenvalue weighted by Crippen LogP contribution is -2.25. The van der Waals surface area contributed by atoms with E-state index in [0.29, 0.717) is 0 Å². The Bertz CT molecular complexity index is 431. The molecule has 1 aliphatic carbocycles. The Balaban J connectivity index is 2.49. The predicted molar refractivity (Wildman–Crippen MR) is 62.3 cm³/mol. The van der Waals surface area contributed by atoms with E-state index in [1.807, 2.05) is 13.8 Å². The highest BCUT2D eigenvalue weighted by Crippen LogP contribution is 2.24. The molecule has 1 aromatic heterocycles. The average molecular weight is 205 g/mol. The Morgan fingerprint density at radius 2 is 2.13 bits per heavy atom. The zero-order valence-electron chi connectivity index (χ0n) is 9.81. The van der Waals surface area contributed by atoms with Crippen molar-refractivity contribution >= 4 is 0 Å². The molecule has 0 radical (unpaired) electrons. The number of aromatic amines is 1. The summed E-state index contributed by atoms with van der Waals surface area (Å²) in [6.07, 6.45) is 4.41. The van der Waals surface area contributed by atoms with Gasteiger partial charge in [-0.2, -0.15) is 0 Å². The topological polar surface area (TPSA) is 32.9 Å². The minimum atomic E-state index is 0.274. The third-order valence-corrected chi connectivity index (χ3v) is 3.75. The van der Waals surface area contributed by atoms with Gasteiger partial charge in [0.2, 0.25) is 0 Å². The fourth-order valence-electron chi connectivity index (χ4n) is 2.46. The molecular weight excluding hydrogens is 186 g/mol. The van der Waals surface area contributed by atoms with E-state index in [0.717, 1.165) is 35.6 Å². The van der Waals surface area contributed by atoms with Gasteiger partial charge in [0.15, 0.2) is 5.43 Å². The first kappa shape index (κ1) is 10.5. The summed E-state index contributed by atoms with van der Waals surface area (Å²) in [6.45, 7) is 6.14. The van der Waals surface area contributed by atoms with Gasteiger partial charge in [0, 0.05) is 22.5 Å². The number of pyridine rings is 1. The molecule has 15 heavy (non-hydrogen) atoms. The number of aryl methyl sites for hydroxylation is 1. The van der Waals surface area contributed by atoms with E-state index in [-0.39, 0.29) is 5.43 Å². The molecule has 0 bridgehead atoms. The van der Waals surface area contributed by atoms with Crippen LogP contribution in [0.2, 0.25) is 0 Å². The van der Waals surface area contributed by atoms with Gasteiger partial charge >= 0.3 is 0 Å². The summed E-state index contributed by atoms with van der Waals surface area (Å²) >= 11 is 0. The van der Waals surface area contributed by atoms with Crippen LogP contribution in [0.4, 0.5) is 0 Å². The van der Waals surface area contributed by atoms with Crippen molar-refractivity contribution in [1.82, 2.24) is 4.98 Å². The first-order valence-corrected chi connectivity index (χ1v) is 5.84. The molecule has 0 amide bonds. The quantitative estimate of drug-likeness (QED) is 0.750. The minimum Gasteiger partial charge on any atom is -0.362 e. The van der Waals surface area contributed by atoms with E-state index in [1.165, 1.54) is 18.5 Å². The third kappa shape index (κ3) is 1.73. The number of nitrogens with one attached hydrogen (secondary N) is 1. The van der Waals surface area contributed by atoms with Crippen molar-refractivity contribution in [3.63, 3.8) is 0 Å². The lowest BCUT2D eigenvalue weighted by atomic mass is 9.84. The summed E-state index contributed by atoms with van der Waals surface area (Å²) < 4.78 is 0. The lowest BCUT2D eigenvalue weighted by molar-refractivity contribution is 0.436. The second kappa shape index (κ2) is 3.84. The van der Waals surface area contributed by atoms with Crippen molar-refractivity contribution < 1.29 is 0 Å². The number of hydrogen-bond donors (Lipinski definition) is 1. The van der Waals surface area contributed by atoms with E-state index in [9.17, 15) is 4.79 Å². The Hall–Kier alpha value is -1.05. The Morgan fingerprint density at radius 1 is 1.40 bits per heavy atom. The molecule has 0 aliphatic heterocycles. The zero-order valence-corrected chi connectivity index (χ0v) is 9.81. The summed E-state index contributed by atoms with van der Waals surface area (Å²) in [5, 5.41) is 0. The van der Waals surface area contributed by atoms with Gasteiger partial charge in [0.25, 0.3) is 0 Å². The van der Waals surface area contributed by atoms with Gasteiger partial charge in [-0.15, -0.1) is 0 Å². The van der Waals surface area contributed by atoms with E-state index < -0.39 is 0 Å². The van der Waals surface area contributed by atoms with Gasteiger partial charge in [-0.05, 0) is 39.0 Å². The zero-order chi connectivity index (χ0) is 11.0. The van der Waals surface area contributed by atoms with E-state index in [1.54, 1.807) is 0 Å². The molecule has 1 aliphatic rings. The molecule has 1 atom stereocenters. The van der Waals surface area contributed by atoms with Gasteiger partial charge in [0.05, 0.1) is 0 Å². The number of H-pyrrole nitrogens is 1. The lowest BCUT2D eigenvalue weighted by Gasteiger charge is -2.23. The molecule has 82 valence electrons. The van der Waals surface area contributed by atoms with Gasteiger partial charge in [0.1, 0.15) is 0 Å². The highest BCUT2D eigenvalue weighted by atomic mass is 16.1. The molecule has 0 aromatic carbocycles. The highest BCUT2D eigenvalue weighted by molar-refractivity contribution is 5.31. The number of aromatic nitrogens is 1. The molecule has 0 fully saturated rings. The number of rotatable bonds is 1. The largest absolute Gasteiger partial charge is 0.362 e. The SMILES string of the molecule is CCC1CCc2c([nH]c(C)c(C)c2=O)C1. The second-order valence-corrected chi connectivity index (χ2v) is 4.68. The Morgan fingerprint density at radius 3 is 2.80 bits per heavy atom. The van der Waals surface area contributed by atoms with Crippen LogP contribution in [0.15, 0.2) is 4.79 Å².